The van der Waals surface area contributed by atoms with Crippen molar-refractivity contribution in [1.29, 1.82) is 0 Å². The zero-order valence-corrected chi connectivity index (χ0v) is 24.7. The minimum absolute atomic E-state index is 0.0404. The van der Waals surface area contributed by atoms with Gasteiger partial charge in [0.05, 0.1) is 14.2 Å². The molecular formula is C34H40O4. The molecule has 1 aliphatic heterocycles. The molecule has 2 unspecified atom stereocenters. The quantitative estimate of drug-likeness (QED) is 0.269. The van der Waals surface area contributed by atoms with Crippen LogP contribution in [0, 0.1) is 33.6 Å². The van der Waals surface area contributed by atoms with E-state index >= 15 is 0 Å². The Labute approximate surface area is 227 Å². The van der Waals surface area contributed by atoms with Crippen LogP contribution in [-0.2, 0) is 16.2 Å². The number of rotatable bonds is 2. The van der Waals surface area contributed by atoms with Gasteiger partial charge in [0.1, 0.15) is 0 Å². The summed E-state index contributed by atoms with van der Waals surface area (Å²) in [7, 11) is 3.44. The summed E-state index contributed by atoms with van der Waals surface area (Å²) in [5.74, 6) is 5.23. The SMILES string of the molecule is COc1cc2c(cc1OC)C1(CC(C)(C)c3cc4c(cc31)Oc1c(C)c(C)c(C)c(C)c1O4)C(C)C2(C)C. The maximum atomic E-state index is 6.71. The summed E-state index contributed by atoms with van der Waals surface area (Å²) in [6.45, 7) is 20.5. The van der Waals surface area contributed by atoms with Gasteiger partial charge in [-0.1, -0.05) is 34.6 Å². The second kappa shape index (κ2) is 7.71. The Bertz CT molecular complexity index is 1530. The van der Waals surface area contributed by atoms with E-state index in [1.54, 1.807) is 14.2 Å². The molecule has 2 aliphatic carbocycles. The highest BCUT2D eigenvalue weighted by Gasteiger charge is 2.61. The number of hydrogen-bond donors (Lipinski definition) is 0. The molecule has 2 atom stereocenters. The van der Waals surface area contributed by atoms with Crippen LogP contribution in [0.4, 0.5) is 0 Å². The fraction of sp³-hybridized carbons (Fsp3) is 0.471. The monoisotopic (exact) mass is 512 g/mol. The van der Waals surface area contributed by atoms with E-state index in [9.17, 15) is 0 Å². The predicted molar refractivity (Wildman–Crippen MR) is 152 cm³/mol. The molecule has 0 fully saturated rings. The van der Waals surface area contributed by atoms with E-state index in [1.807, 2.05) is 0 Å². The molecule has 1 spiro atoms. The average Bonchev–Trinajstić information content (AvgIpc) is 3.22. The molecule has 4 heteroatoms. The lowest BCUT2D eigenvalue weighted by atomic mass is 9.65. The van der Waals surface area contributed by atoms with Crippen LogP contribution in [0.25, 0.3) is 0 Å². The van der Waals surface area contributed by atoms with Crippen molar-refractivity contribution in [3.05, 3.63) is 68.8 Å². The number of benzene rings is 3. The van der Waals surface area contributed by atoms with Crippen LogP contribution in [0.15, 0.2) is 24.3 Å². The van der Waals surface area contributed by atoms with Gasteiger partial charge in [-0.05, 0) is 120 Å². The first-order valence-corrected chi connectivity index (χ1v) is 13.7. The van der Waals surface area contributed by atoms with Gasteiger partial charge in [-0.15, -0.1) is 0 Å². The average molecular weight is 513 g/mol. The molecule has 1 heterocycles. The first-order valence-electron chi connectivity index (χ1n) is 13.7. The van der Waals surface area contributed by atoms with Crippen LogP contribution in [0.3, 0.4) is 0 Å². The van der Waals surface area contributed by atoms with Crippen LogP contribution in [0.2, 0.25) is 0 Å². The minimum atomic E-state index is -0.177. The van der Waals surface area contributed by atoms with Crippen molar-refractivity contribution in [3.63, 3.8) is 0 Å². The Balaban J connectivity index is 1.61. The normalized spacial score (nSPS) is 23.2. The van der Waals surface area contributed by atoms with Crippen LogP contribution in [0.5, 0.6) is 34.5 Å². The van der Waals surface area contributed by atoms with E-state index in [2.05, 4.69) is 86.6 Å². The Morgan fingerprint density at radius 2 is 1.11 bits per heavy atom. The van der Waals surface area contributed by atoms with E-state index < -0.39 is 0 Å². The second-order valence-corrected chi connectivity index (χ2v) is 12.9. The molecule has 3 aliphatic rings. The summed E-state index contributed by atoms with van der Waals surface area (Å²) in [6, 6.07) is 8.97. The number of ether oxygens (including phenoxy) is 4. The van der Waals surface area contributed by atoms with Gasteiger partial charge in [0.2, 0.25) is 0 Å². The van der Waals surface area contributed by atoms with Crippen molar-refractivity contribution in [2.24, 2.45) is 5.92 Å². The maximum Gasteiger partial charge on any atom is 0.173 e. The van der Waals surface area contributed by atoms with Crippen molar-refractivity contribution in [3.8, 4) is 34.5 Å². The Kier molecular flexibility index (Phi) is 5.10. The molecule has 0 amide bonds. The van der Waals surface area contributed by atoms with Gasteiger partial charge in [-0.2, -0.15) is 0 Å². The van der Waals surface area contributed by atoms with Gasteiger partial charge in [0, 0.05) is 5.41 Å². The van der Waals surface area contributed by atoms with E-state index in [-0.39, 0.29) is 16.2 Å². The van der Waals surface area contributed by atoms with Gasteiger partial charge in [-0.25, -0.2) is 0 Å². The molecule has 6 rings (SSSR count). The van der Waals surface area contributed by atoms with Gasteiger partial charge in [0.15, 0.2) is 34.5 Å². The lowest BCUT2D eigenvalue weighted by Crippen LogP contribution is -2.36. The zero-order chi connectivity index (χ0) is 27.5. The highest BCUT2D eigenvalue weighted by molar-refractivity contribution is 5.70. The van der Waals surface area contributed by atoms with Crippen molar-refractivity contribution >= 4 is 0 Å². The van der Waals surface area contributed by atoms with Crippen molar-refractivity contribution in [2.45, 2.75) is 85.0 Å². The van der Waals surface area contributed by atoms with E-state index in [0.717, 1.165) is 52.0 Å². The van der Waals surface area contributed by atoms with Crippen LogP contribution in [0.1, 0.15) is 85.5 Å². The molecule has 200 valence electrons. The van der Waals surface area contributed by atoms with Gasteiger partial charge < -0.3 is 18.9 Å². The van der Waals surface area contributed by atoms with E-state index in [4.69, 9.17) is 18.9 Å². The molecule has 3 aromatic rings. The van der Waals surface area contributed by atoms with Gasteiger partial charge in [0.25, 0.3) is 0 Å². The zero-order valence-electron chi connectivity index (χ0n) is 24.7. The number of fused-ring (bicyclic) bond motifs is 6. The van der Waals surface area contributed by atoms with Crippen molar-refractivity contribution in [1.82, 2.24) is 0 Å². The second-order valence-electron chi connectivity index (χ2n) is 12.9. The predicted octanol–water partition coefficient (Wildman–Crippen LogP) is 8.73. The summed E-state index contributed by atoms with van der Waals surface area (Å²) in [5.41, 5.74) is 9.90. The Hall–Kier alpha value is -3.14. The fourth-order valence-electron chi connectivity index (χ4n) is 7.74. The highest BCUT2D eigenvalue weighted by Crippen LogP contribution is 2.68. The van der Waals surface area contributed by atoms with E-state index in [1.165, 1.54) is 33.4 Å². The summed E-state index contributed by atoms with van der Waals surface area (Å²) >= 11 is 0. The molecule has 0 N–H and O–H groups in total. The Morgan fingerprint density at radius 3 is 1.61 bits per heavy atom. The molecule has 0 saturated heterocycles. The number of methoxy groups -OCH3 is 2. The summed E-state index contributed by atoms with van der Waals surface area (Å²) in [5, 5.41) is 0. The van der Waals surface area contributed by atoms with Crippen molar-refractivity contribution in [2.75, 3.05) is 14.2 Å². The summed E-state index contributed by atoms with van der Waals surface area (Å²) in [6.07, 6.45) is 1.01. The third kappa shape index (κ3) is 2.92. The van der Waals surface area contributed by atoms with Crippen LogP contribution >= 0.6 is 0 Å². The third-order valence-corrected chi connectivity index (χ3v) is 10.5. The highest BCUT2D eigenvalue weighted by atomic mass is 16.6. The van der Waals surface area contributed by atoms with Crippen LogP contribution in [-0.4, -0.2) is 14.2 Å². The van der Waals surface area contributed by atoms with Crippen LogP contribution < -0.4 is 18.9 Å². The maximum absolute atomic E-state index is 6.71. The van der Waals surface area contributed by atoms with Gasteiger partial charge >= 0.3 is 0 Å². The topological polar surface area (TPSA) is 36.9 Å². The molecule has 0 bridgehead atoms. The fourth-order valence-corrected chi connectivity index (χ4v) is 7.74. The lowest BCUT2D eigenvalue weighted by Gasteiger charge is -2.38. The lowest BCUT2D eigenvalue weighted by molar-refractivity contribution is 0.241. The first-order chi connectivity index (χ1) is 17.8. The molecule has 0 radical (unpaired) electrons. The summed E-state index contributed by atoms with van der Waals surface area (Å²) in [4.78, 5) is 0. The first kappa shape index (κ1) is 25.2. The standard InChI is InChI=1S/C34H40O4/c1-17-18(2)20(4)31-30(19(17)3)37-28-12-22-24(15-29(28)38-31)34(16-32(22,6)7)21(5)33(8,9)23-13-26(35-10)27(36-11)14-25(23)34/h12-15,21H,16H2,1-11H3. The molecule has 0 aromatic heterocycles. The van der Waals surface area contributed by atoms with E-state index in [0.29, 0.717) is 5.92 Å². The van der Waals surface area contributed by atoms with Gasteiger partial charge in [-0.3, -0.25) is 0 Å². The van der Waals surface area contributed by atoms with Crippen molar-refractivity contribution < 1.29 is 18.9 Å². The molecule has 0 saturated carbocycles. The largest absolute Gasteiger partial charge is 0.493 e. The molecular weight excluding hydrogens is 472 g/mol. The summed E-state index contributed by atoms with van der Waals surface area (Å²) < 4.78 is 24.9. The third-order valence-electron chi connectivity index (χ3n) is 10.5. The molecule has 38 heavy (non-hydrogen) atoms. The molecule has 4 nitrogen and oxygen atoms in total. The number of hydrogen-bond acceptors (Lipinski definition) is 4. The minimum Gasteiger partial charge on any atom is -0.493 e. The smallest absolute Gasteiger partial charge is 0.173 e. The Morgan fingerprint density at radius 1 is 0.658 bits per heavy atom. The molecule has 3 aromatic carbocycles.